The number of nitrogens with zero attached hydrogens (tertiary/aromatic N) is 2. The van der Waals surface area contributed by atoms with Crippen molar-refractivity contribution in [3.8, 4) is 0 Å². The van der Waals surface area contributed by atoms with E-state index in [0.717, 1.165) is 37.1 Å². The van der Waals surface area contributed by atoms with Crippen molar-refractivity contribution in [2.75, 3.05) is 29.9 Å². The predicted octanol–water partition coefficient (Wildman–Crippen LogP) is 3.17. The maximum atomic E-state index is 12.6. The van der Waals surface area contributed by atoms with Crippen LogP contribution in [-0.2, 0) is 26.0 Å². The molecule has 2 heterocycles. The first-order valence-corrected chi connectivity index (χ1v) is 12.2. The Morgan fingerprint density at radius 3 is 2.19 bits per heavy atom. The van der Waals surface area contributed by atoms with Gasteiger partial charge in [0.05, 0.1) is 4.90 Å². The van der Waals surface area contributed by atoms with Gasteiger partial charge in [0.25, 0.3) is 0 Å². The minimum absolute atomic E-state index is 0.112. The van der Waals surface area contributed by atoms with Crippen molar-refractivity contribution < 1.29 is 18.0 Å². The van der Waals surface area contributed by atoms with Gasteiger partial charge in [-0.05, 0) is 67.6 Å². The monoisotopic (exact) mass is 441 g/mol. The molecule has 2 aromatic rings. The zero-order valence-corrected chi connectivity index (χ0v) is 18.2. The van der Waals surface area contributed by atoms with E-state index in [1.54, 1.807) is 41.3 Å². The summed E-state index contributed by atoms with van der Waals surface area (Å²) in [6, 6.07) is 14.1. The summed E-state index contributed by atoms with van der Waals surface area (Å²) in [5.41, 5.74) is 2.45. The van der Waals surface area contributed by atoms with Crippen molar-refractivity contribution in [3.05, 3.63) is 54.1 Å². The van der Waals surface area contributed by atoms with Crippen molar-refractivity contribution in [2.24, 2.45) is 0 Å². The SMILES string of the molecule is O=C(CCc1ccc(S(=O)(=O)N2CCCC2)cc1)Nc1ccc(N2CCCC2=O)cc1. The smallest absolute Gasteiger partial charge is 0.243 e. The highest BCUT2D eigenvalue weighted by atomic mass is 32.2. The van der Waals surface area contributed by atoms with Gasteiger partial charge >= 0.3 is 0 Å². The van der Waals surface area contributed by atoms with Crippen molar-refractivity contribution in [1.29, 1.82) is 0 Å². The molecule has 0 unspecified atom stereocenters. The number of benzene rings is 2. The summed E-state index contributed by atoms with van der Waals surface area (Å²) >= 11 is 0. The number of aryl methyl sites for hydroxylation is 1. The summed E-state index contributed by atoms with van der Waals surface area (Å²) in [6.45, 7) is 1.90. The minimum atomic E-state index is -3.41. The maximum Gasteiger partial charge on any atom is 0.243 e. The highest BCUT2D eigenvalue weighted by molar-refractivity contribution is 7.89. The molecule has 2 aliphatic heterocycles. The molecule has 2 aromatic carbocycles. The molecule has 2 amide bonds. The Hall–Kier alpha value is -2.71. The van der Waals surface area contributed by atoms with Gasteiger partial charge in [0, 0.05) is 43.9 Å². The third-order valence-corrected chi connectivity index (χ3v) is 7.72. The predicted molar refractivity (Wildman–Crippen MR) is 119 cm³/mol. The lowest BCUT2D eigenvalue weighted by Gasteiger charge is -2.16. The zero-order chi connectivity index (χ0) is 21.8. The Labute approximate surface area is 183 Å². The molecule has 2 fully saturated rings. The quantitative estimate of drug-likeness (QED) is 0.715. The highest BCUT2D eigenvalue weighted by Gasteiger charge is 2.27. The number of hydrogen-bond donors (Lipinski definition) is 1. The van der Waals surface area contributed by atoms with Crippen LogP contribution < -0.4 is 10.2 Å². The summed E-state index contributed by atoms with van der Waals surface area (Å²) < 4.78 is 26.7. The second-order valence-electron chi connectivity index (χ2n) is 8.00. The van der Waals surface area contributed by atoms with Gasteiger partial charge in [-0.1, -0.05) is 12.1 Å². The molecule has 0 radical (unpaired) electrons. The minimum Gasteiger partial charge on any atom is -0.326 e. The van der Waals surface area contributed by atoms with Gasteiger partial charge in [0.2, 0.25) is 21.8 Å². The Morgan fingerprint density at radius 1 is 0.903 bits per heavy atom. The average Bonchev–Trinajstić information content (AvgIpc) is 3.46. The second kappa shape index (κ2) is 9.20. The van der Waals surface area contributed by atoms with Crippen LogP contribution in [0.4, 0.5) is 11.4 Å². The lowest BCUT2D eigenvalue weighted by molar-refractivity contribution is -0.117. The third-order valence-electron chi connectivity index (χ3n) is 5.80. The molecule has 2 aliphatic rings. The zero-order valence-electron chi connectivity index (χ0n) is 17.4. The number of rotatable bonds is 7. The Morgan fingerprint density at radius 2 is 1.58 bits per heavy atom. The largest absolute Gasteiger partial charge is 0.326 e. The van der Waals surface area contributed by atoms with Crippen molar-refractivity contribution in [3.63, 3.8) is 0 Å². The molecule has 2 saturated heterocycles. The standard InChI is InChI=1S/C23H27N3O4S/c27-22(24-19-8-10-20(11-9-19)26-17-3-4-23(26)28)14-7-18-5-12-21(13-6-18)31(29,30)25-15-1-2-16-25/h5-6,8-13H,1-4,7,14-17H2,(H,24,27). The summed E-state index contributed by atoms with van der Waals surface area (Å²) in [6.07, 6.45) is 4.10. The summed E-state index contributed by atoms with van der Waals surface area (Å²) in [5.74, 6) is 0.0230. The van der Waals surface area contributed by atoms with Crippen molar-refractivity contribution in [2.45, 2.75) is 43.4 Å². The van der Waals surface area contributed by atoms with E-state index in [2.05, 4.69) is 5.32 Å². The van der Waals surface area contributed by atoms with Crippen molar-refractivity contribution in [1.82, 2.24) is 4.31 Å². The summed E-state index contributed by atoms with van der Waals surface area (Å²) in [4.78, 5) is 26.2. The van der Waals surface area contributed by atoms with E-state index in [1.807, 2.05) is 12.1 Å². The van der Waals surface area contributed by atoms with E-state index in [9.17, 15) is 18.0 Å². The molecule has 0 atom stereocenters. The van der Waals surface area contributed by atoms with Crippen LogP contribution in [0, 0.1) is 0 Å². The molecule has 31 heavy (non-hydrogen) atoms. The molecule has 0 saturated carbocycles. The normalized spacial score (nSPS) is 17.3. The van der Waals surface area contributed by atoms with Crippen LogP contribution in [0.2, 0.25) is 0 Å². The van der Waals surface area contributed by atoms with Crippen LogP contribution in [0.5, 0.6) is 0 Å². The van der Waals surface area contributed by atoms with Crippen molar-refractivity contribution >= 4 is 33.2 Å². The molecule has 0 aliphatic carbocycles. The number of hydrogen-bond acceptors (Lipinski definition) is 4. The van der Waals surface area contributed by atoms with Gasteiger partial charge in [-0.25, -0.2) is 8.42 Å². The third kappa shape index (κ3) is 4.97. The van der Waals surface area contributed by atoms with E-state index in [0.29, 0.717) is 42.9 Å². The van der Waals surface area contributed by atoms with Gasteiger partial charge in [-0.3, -0.25) is 9.59 Å². The Kier molecular flexibility index (Phi) is 6.38. The van der Waals surface area contributed by atoms with E-state index in [1.165, 1.54) is 4.31 Å². The molecule has 0 aromatic heterocycles. The van der Waals surface area contributed by atoms with E-state index in [4.69, 9.17) is 0 Å². The molecule has 8 heteroatoms. The number of sulfonamides is 1. The van der Waals surface area contributed by atoms with Crippen LogP contribution in [0.3, 0.4) is 0 Å². The topological polar surface area (TPSA) is 86.8 Å². The van der Waals surface area contributed by atoms with E-state index >= 15 is 0 Å². The summed E-state index contributed by atoms with van der Waals surface area (Å²) in [5, 5.41) is 2.87. The van der Waals surface area contributed by atoms with E-state index in [-0.39, 0.29) is 11.8 Å². The molecule has 4 rings (SSSR count). The lowest BCUT2D eigenvalue weighted by atomic mass is 10.1. The molecule has 0 spiro atoms. The average molecular weight is 442 g/mol. The molecule has 1 N–H and O–H groups in total. The van der Waals surface area contributed by atoms with Crippen LogP contribution >= 0.6 is 0 Å². The van der Waals surface area contributed by atoms with Gasteiger partial charge in [0.1, 0.15) is 0 Å². The van der Waals surface area contributed by atoms with E-state index < -0.39 is 10.0 Å². The first kappa shape index (κ1) is 21.5. The highest BCUT2D eigenvalue weighted by Crippen LogP contribution is 2.24. The van der Waals surface area contributed by atoms with Crippen LogP contribution in [-0.4, -0.2) is 44.2 Å². The Balaban J connectivity index is 1.29. The van der Waals surface area contributed by atoms with Crippen LogP contribution in [0.25, 0.3) is 0 Å². The molecule has 164 valence electrons. The molecule has 0 bridgehead atoms. The van der Waals surface area contributed by atoms with Gasteiger partial charge in [0.15, 0.2) is 0 Å². The number of carbonyl (C=O) groups is 2. The second-order valence-corrected chi connectivity index (χ2v) is 9.94. The van der Waals surface area contributed by atoms with Gasteiger partial charge in [-0.2, -0.15) is 4.31 Å². The number of nitrogens with one attached hydrogen (secondary N) is 1. The fourth-order valence-electron chi connectivity index (χ4n) is 4.03. The van der Waals surface area contributed by atoms with Crippen LogP contribution in [0.1, 0.15) is 37.7 Å². The molecular formula is C23H27N3O4S. The number of carbonyl (C=O) groups excluding carboxylic acids is 2. The lowest BCUT2D eigenvalue weighted by Crippen LogP contribution is -2.27. The van der Waals surface area contributed by atoms with Crippen LogP contribution in [0.15, 0.2) is 53.4 Å². The molecule has 7 nitrogen and oxygen atoms in total. The van der Waals surface area contributed by atoms with Gasteiger partial charge in [-0.15, -0.1) is 0 Å². The fraction of sp³-hybridized carbons (Fsp3) is 0.391. The summed E-state index contributed by atoms with van der Waals surface area (Å²) in [7, 11) is -3.41. The maximum absolute atomic E-state index is 12.6. The fourth-order valence-corrected chi connectivity index (χ4v) is 5.55. The number of amides is 2. The molecular weight excluding hydrogens is 414 g/mol. The first-order chi connectivity index (χ1) is 14.9. The Bertz CT molecular complexity index is 1040. The first-order valence-electron chi connectivity index (χ1n) is 10.7. The number of anilines is 2. The van der Waals surface area contributed by atoms with Gasteiger partial charge < -0.3 is 10.2 Å².